The van der Waals surface area contributed by atoms with Crippen molar-refractivity contribution in [1.82, 2.24) is 5.32 Å². The van der Waals surface area contributed by atoms with Gasteiger partial charge in [0.25, 0.3) is 0 Å². The van der Waals surface area contributed by atoms with E-state index in [9.17, 15) is 14.3 Å². The van der Waals surface area contributed by atoms with E-state index in [4.69, 9.17) is 0 Å². The van der Waals surface area contributed by atoms with Gasteiger partial charge >= 0.3 is 5.97 Å². The van der Waals surface area contributed by atoms with Gasteiger partial charge in [-0.25, -0.2) is 4.39 Å². The van der Waals surface area contributed by atoms with Gasteiger partial charge in [-0.05, 0) is 57.9 Å². The first-order valence-electron chi connectivity index (χ1n) is 7.56. The summed E-state index contributed by atoms with van der Waals surface area (Å²) in [6, 6.07) is 12.0. The summed E-state index contributed by atoms with van der Waals surface area (Å²) >= 11 is 3.29. The number of hydrogen-bond donors (Lipinski definition) is 2. The lowest BCUT2D eigenvalue weighted by Crippen LogP contribution is -2.40. The normalized spacial score (nSPS) is 17.7. The van der Waals surface area contributed by atoms with Crippen molar-refractivity contribution in [2.24, 2.45) is 0 Å². The second-order valence-corrected chi connectivity index (χ2v) is 6.56. The first-order chi connectivity index (χ1) is 11.1. The largest absolute Gasteiger partial charge is 0.480 e. The molecule has 0 fully saturated rings. The van der Waals surface area contributed by atoms with E-state index in [0.29, 0.717) is 10.9 Å². The summed E-state index contributed by atoms with van der Waals surface area (Å²) in [5, 5.41) is 12.7. The lowest BCUT2D eigenvalue weighted by molar-refractivity contribution is -0.139. The Bertz CT molecular complexity index is 720. The molecule has 0 aliphatic heterocycles. The van der Waals surface area contributed by atoms with Crippen LogP contribution in [0.1, 0.15) is 29.2 Å². The summed E-state index contributed by atoms with van der Waals surface area (Å²) < 4.78 is 14.1. The molecule has 1 aliphatic rings. The van der Waals surface area contributed by atoms with Gasteiger partial charge in [0, 0.05) is 6.04 Å². The lowest BCUT2D eigenvalue weighted by Gasteiger charge is -2.21. The molecule has 1 unspecified atom stereocenters. The second kappa shape index (κ2) is 6.81. The van der Waals surface area contributed by atoms with Gasteiger partial charge in [-0.2, -0.15) is 0 Å². The quantitative estimate of drug-likeness (QED) is 0.831. The average molecular weight is 378 g/mol. The van der Waals surface area contributed by atoms with E-state index >= 15 is 0 Å². The van der Waals surface area contributed by atoms with Gasteiger partial charge in [0.05, 0.1) is 4.47 Å². The zero-order valence-electron chi connectivity index (χ0n) is 12.4. The fraction of sp³-hybridized carbons (Fsp3) is 0.278. The number of carboxylic acid groups (broad SMARTS) is 1. The van der Waals surface area contributed by atoms with Gasteiger partial charge < -0.3 is 5.11 Å². The minimum atomic E-state index is -0.872. The number of rotatable bonds is 5. The van der Waals surface area contributed by atoms with Crippen molar-refractivity contribution >= 4 is 21.9 Å². The highest BCUT2D eigenvalue weighted by Gasteiger charge is 2.29. The maximum absolute atomic E-state index is 13.6. The third-order valence-electron chi connectivity index (χ3n) is 4.27. The number of halogens is 2. The van der Waals surface area contributed by atoms with Crippen LogP contribution >= 0.6 is 15.9 Å². The standard InChI is InChI=1S/C18H17BrFNO2/c19-17-13-7-9-15(12(13)6-8-14(17)20)21-16(18(22)23)10-11-4-2-1-3-5-11/h1-6,8,15-16,21H,7,9-10H2,(H,22,23)/t15?,16-/m1/s1. The number of aliphatic carboxylic acids is 1. The molecule has 0 amide bonds. The molecule has 0 bridgehead atoms. The van der Waals surface area contributed by atoms with Crippen LogP contribution in [-0.4, -0.2) is 17.1 Å². The van der Waals surface area contributed by atoms with Gasteiger partial charge in [0.15, 0.2) is 0 Å². The molecule has 2 atom stereocenters. The zero-order valence-corrected chi connectivity index (χ0v) is 14.0. The van der Waals surface area contributed by atoms with Crippen LogP contribution in [-0.2, 0) is 17.6 Å². The summed E-state index contributed by atoms with van der Waals surface area (Å²) in [5.41, 5.74) is 2.90. The molecular formula is C18H17BrFNO2. The highest BCUT2D eigenvalue weighted by atomic mass is 79.9. The van der Waals surface area contributed by atoms with Crippen LogP contribution in [0.5, 0.6) is 0 Å². The van der Waals surface area contributed by atoms with Gasteiger partial charge in [0.2, 0.25) is 0 Å². The Morgan fingerprint density at radius 3 is 2.74 bits per heavy atom. The summed E-state index contributed by atoms with van der Waals surface area (Å²) in [4.78, 5) is 11.6. The van der Waals surface area contributed by atoms with Crippen molar-refractivity contribution in [3.63, 3.8) is 0 Å². The van der Waals surface area contributed by atoms with E-state index in [1.165, 1.54) is 6.07 Å². The molecule has 120 valence electrons. The molecule has 23 heavy (non-hydrogen) atoms. The summed E-state index contributed by atoms with van der Waals surface area (Å²) in [6.07, 6.45) is 1.93. The number of hydrogen-bond acceptors (Lipinski definition) is 2. The van der Waals surface area contributed by atoms with Gasteiger partial charge in [-0.15, -0.1) is 0 Å². The van der Waals surface area contributed by atoms with Crippen molar-refractivity contribution < 1.29 is 14.3 Å². The fourth-order valence-corrected chi connectivity index (χ4v) is 3.67. The SMILES string of the molecule is O=C(O)[C@@H](Cc1ccccc1)NC1CCc2c1ccc(F)c2Br. The van der Waals surface area contributed by atoms with Crippen LogP contribution in [0.2, 0.25) is 0 Å². The number of carbonyl (C=O) groups is 1. The molecule has 0 spiro atoms. The zero-order chi connectivity index (χ0) is 16.4. The molecule has 3 nitrogen and oxygen atoms in total. The van der Waals surface area contributed by atoms with Crippen LogP contribution in [0, 0.1) is 5.82 Å². The molecule has 2 aromatic carbocycles. The predicted octanol–water partition coefficient (Wildman–Crippen LogP) is 3.86. The highest BCUT2D eigenvalue weighted by molar-refractivity contribution is 9.10. The van der Waals surface area contributed by atoms with E-state index in [1.54, 1.807) is 6.07 Å². The maximum atomic E-state index is 13.6. The Balaban J connectivity index is 1.78. The lowest BCUT2D eigenvalue weighted by atomic mass is 10.0. The van der Waals surface area contributed by atoms with Crippen molar-refractivity contribution in [3.8, 4) is 0 Å². The number of carboxylic acids is 1. The Labute approximate surface area is 142 Å². The third kappa shape index (κ3) is 3.46. The molecule has 2 N–H and O–H groups in total. The molecule has 0 saturated carbocycles. The summed E-state index contributed by atoms with van der Waals surface area (Å²) in [7, 11) is 0. The van der Waals surface area contributed by atoms with E-state index in [1.807, 2.05) is 30.3 Å². The molecule has 0 aromatic heterocycles. The predicted molar refractivity (Wildman–Crippen MR) is 89.9 cm³/mol. The van der Waals surface area contributed by atoms with Crippen LogP contribution < -0.4 is 5.32 Å². The smallest absolute Gasteiger partial charge is 0.321 e. The number of fused-ring (bicyclic) bond motifs is 1. The molecule has 0 radical (unpaired) electrons. The number of nitrogens with one attached hydrogen (secondary N) is 1. The van der Waals surface area contributed by atoms with Crippen LogP contribution in [0.15, 0.2) is 46.9 Å². The molecule has 2 aromatic rings. The average Bonchev–Trinajstić information content (AvgIpc) is 2.95. The van der Waals surface area contributed by atoms with Gasteiger partial charge in [0.1, 0.15) is 11.9 Å². The van der Waals surface area contributed by atoms with Crippen LogP contribution in [0.3, 0.4) is 0 Å². The molecule has 1 aliphatic carbocycles. The van der Waals surface area contributed by atoms with Crippen molar-refractivity contribution in [3.05, 3.63) is 69.4 Å². The Hall–Kier alpha value is -1.72. The highest BCUT2D eigenvalue weighted by Crippen LogP contribution is 2.37. The van der Waals surface area contributed by atoms with E-state index in [2.05, 4.69) is 21.2 Å². The third-order valence-corrected chi connectivity index (χ3v) is 5.13. The Kier molecular flexibility index (Phi) is 4.78. The van der Waals surface area contributed by atoms with E-state index in [0.717, 1.165) is 29.5 Å². The van der Waals surface area contributed by atoms with Crippen molar-refractivity contribution in [2.75, 3.05) is 0 Å². The monoisotopic (exact) mass is 377 g/mol. The van der Waals surface area contributed by atoms with E-state index in [-0.39, 0.29) is 11.9 Å². The molecular weight excluding hydrogens is 361 g/mol. The molecule has 3 rings (SSSR count). The molecule has 5 heteroatoms. The fourth-order valence-electron chi connectivity index (χ4n) is 3.12. The summed E-state index contributed by atoms with van der Waals surface area (Å²) in [5.74, 6) is -1.15. The first-order valence-corrected chi connectivity index (χ1v) is 8.35. The molecule has 0 saturated heterocycles. The van der Waals surface area contributed by atoms with Crippen molar-refractivity contribution in [2.45, 2.75) is 31.3 Å². The first kappa shape index (κ1) is 16.1. The van der Waals surface area contributed by atoms with E-state index < -0.39 is 12.0 Å². The van der Waals surface area contributed by atoms with Gasteiger partial charge in [-0.1, -0.05) is 36.4 Å². The Morgan fingerprint density at radius 2 is 2.04 bits per heavy atom. The second-order valence-electron chi connectivity index (χ2n) is 5.77. The van der Waals surface area contributed by atoms with Crippen LogP contribution in [0.25, 0.3) is 0 Å². The molecule has 0 heterocycles. The minimum Gasteiger partial charge on any atom is -0.480 e. The summed E-state index contributed by atoms with van der Waals surface area (Å²) in [6.45, 7) is 0. The van der Waals surface area contributed by atoms with Gasteiger partial charge in [-0.3, -0.25) is 10.1 Å². The van der Waals surface area contributed by atoms with Crippen LogP contribution in [0.4, 0.5) is 4.39 Å². The minimum absolute atomic E-state index is 0.0632. The topological polar surface area (TPSA) is 49.3 Å². The van der Waals surface area contributed by atoms with Crippen molar-refractivity contribution in [1.29, 1.82) is 0 Å². The number of benzene rings is 2. The maximum Gasteiger partial charge on any atom is 0.321 e. The Morgan fingerprint density at radius 1 is 1.30 bits per heavy atom.